The Balaban J connectivity index is 1.20. The lowest BCUT2D eigenvalue weighted by atomic mass is 9.96. The van der Waals surface area contributed by atoms with Gasteiger partial charge in [0.25, 0.3) is 5.89 Å². The summed E-state index contributed by atoms with van der Waals surface area (Å²) < 4.78 is 57.6. The fraction of sp³-hybridized carbons (Fsp3) is 0.292. The van der Waals surface area contributed by atoms with Crippen LogP contribution in [0.2, 0.25) is 0 Å². The van der Waals surface area contributed by atoms with E-state index in [9.17, 15) is 17.6 Å². The van der Waals surface area contributed by atoms with Gasteiger partial charge in [-0.25, -0.2) is 9.37 Å². The van der Waals surface area contributed by atoms with E-state index in [1.165, 1.54) is 6.07 Å². The van der Waals surface area contributed by atoms with Crippen molar-refractivity contribution in [2.45, 2.75) is 31.5 Å². The second-order valence-corrected chi connectivity index (χ2v) is 8.31. The number of hydrogen-bond acceptors (Lipinski definition) is 5. The Hall–Kier alpha value is -3.53. The quantitative estimate of drug-likeness (QED) is 0.380. The van der Waals surface area contributed by atoms with Crippen LogP contribution < -0.4 is 0 Å². The summed E-state index contributed by atoms with van der Waals surface area (Å²) in [5.41, 5.74) is 0.750. The third-order valence-electron chi connectivity index (χ3n) is 6.01. The SMILES string of the molecule is Fc1ccc(-c2nc(CN3CCC(c4ncc(-c5ccccc5)[nH]4)CC3)no2)cc1C(F)(F)F. The molecule has 2 aromatic heterocycles. The highest BCUT2D eigenvalue weighted by atomic mass is 19.4. The minimum atomic E-state index is -4.80. The fourth-order valence-electron chi connectivity index (χ4n) is 4.18. The highest BCUT2D eigenvalue weighted by Gasteiger charge is 2.34. The van der Waals surface area contributed by atoms with Gasteiger partial charge in [0.05, 0.1) is 24.0 Å². The third kappa shape index (κ3) is 4.72. The van der Waals surface area contributed by atoms with Crippen molar-refractivity contribution in [3.05, 3.63) is 77.8 Å². The van der Waals surface area contributed by atoms with Gasteiger partial charge in [-0.2, -0.15) is 18.2 Å². The maximum atomic E-state index is 13.5. The molecule has 0 amide bonds. The van der Waals surface area contributed by atoms with Crippen molar-refractivity contribution in [2.24, 2.45) is 0 Å². The van der Waals surface area contributed by atoms with Gasteiger partial charge in [0.1, 0.15) is 11.6 Å². The van der Waals surface area contributed by atoms with Gasteiger partial charge in [0.15, 0.2) is 5.82 Å². The number of H-pyrrole nitrogens is 1. The molecule has 34 heavy (non-hydrogen) atoms. The average Bonchev–Trinajstić information content (AvgIpc) is 3.50. The molecule has 6 nitrogen and oxygen atoms in total. The molecule has 1 aliphatic heterocycles. The number of likely N-dealkylation sites (tertiary alicyclic amines) is 1. The lowest BCUT2D eigenvalue weighted by molar-refractivity contribution is -0.139. The van der Waals surface area contributed by atoms with Crippen molar-refractivity contribution in [1.29, 1.82) is 0 Å². The number of halogens is 4. The summed E-state index contributed by atoms with van der Waals surface area (Å²) in [6.45, 7) is 2.01. The number of alkyl halides is 3. The number of aromatic amines is 1. The molecule has 0 unspecified atom stereocenters. The summed E-state index contributed by atoms with van der Waals surface area (Å²) in [6.07, 6.45) is -1.14. The summed E-state index contributed by atoms with van der Waals surface area (Å²) in [4.78, 5) is 14.4. The minimum Gasteiger partial charge on any atom is -0.342 e. The zero-order valence-corrected chi connectivity index (χ0v) is 18.0. The Bertz CT molecular complexity index is 1260. The molecule has 0 saturated carbocycles. The molecule has 0 spiro atoms. The van der Waals surface area contributed by atoms with Crippen LogP contribution >= 0.6 is 0 Å². The topological polar surface area (TPSA) is 70.8 Å². The van der Waals surface area contributed by atoms with E-state index in [0.29, 0.717) is 24.4 Å². The summed E-state index contributed by atoms with van der Waals surface area (Å²) >= 11 is 0. The van der Waals surface area contributed by atoms with Crippen molar-refractivity contribution in [1.82, 2.24) is 25.0 Å². The van der Waals surface area contributed by atoms with E-state index >= 15 is 0 Å². The van der Waals surface area contributed by atoms with Crippen molar-refractivity contribution >= 4 is 0 Å². The van der Waals surface area contributed by atoms with Crippen LogP contribution in [-0.2, 0) is 12.7 Å². The van der Waals surface area contributed by atoms with Gasteiger partial charge in [-0.1, -0.05) is 35.5 Å². The second-order valence-electron chi connectivity index (χ2n) is 8.31. The van der Waals surface area contributed by atoms with E-state index in [1.54, 1.807) is 0 Å². The molecule has 10 heteroatoms. The Morgan fingerprint density at radius 2 is 1.79 bits per heavy atom. The van der Waals surface area contributed by atoms with Crippen molar-refractivity contribution in [3.63, 3.8) is 0 Å². The van der Waals surface area contributed by atoms with E-state index in [2.05, 4.69) is 25.0 Å². The van der Waals surface area contributed by atoms with E-state index in [-0.39, 0.29) is 11.5 Å². The Morgan fingerprint density at radius 1 is 1.03 bits per heavy atom. The van der Waals surface area contributed by atoms with Crippen molar-refractivity contribution in [2.75, 3.05) is 13.1 Å². The average molecular weight is 471 g/mol. The predicted octanol–water partition coefficient (Wildman–Crippen LogP) is 5.66. The van der Waals surface area contributed by atoms with E-state index in [0.717, 1.165) is 49.1 Å². The molecule has 0 radical (unpaired) electrons. The van der Waals surface area contributed by atoms with Crippen LogP contribution in [0, 0.1) is 5.82 Å². The lowest BCUT2D eigenvalue weighted by Gasteiger charge is -2.30. The number of nitrogens with zero attached hydrogens (tertiary/aromatic N) is 4. The maximum Gasteiger partial charge on any atom is 0.419 e. The van der Waals surface area contributed by atoms with Crippen LogP contribution in [0.5, 0.6) is 0 Å². The van der Waals surface area contributed by atoms with Crippen LogP contribution in [0.4, 0.5) is 17.6 Å². The van der Waals surface area contributed by atoms with Crippen LogP contribution in [0.25, 0.3) is 22.7 Å². The van der Waals surface area contributed by atoms with Crippen LogP contribution in [0.3, 0.4) is 0 Å². The van der Waals surface area contributed by atoms with Gasteiger partial charge < -0.3 is 9.51 Å². The van der Waals surface area contributed by atoms with Gasteiger partial charge in [0, 0.05) is 11.5 Å². The minimum absolute atomic E-state index is 0.0261. The number of aromatic nitrogens is 4. The molecule has 1 aliphatic rings. The number of nitrogens with one attached hydrogen (secondary N) is 1. The fourth-order valence-corrected chi connectivity index (χ4v) is 4.18. The molecule has 1 saturated heterocycles. The largest absolute Gasteiger partial charge is 0.419 e. The van der Waals surface area contributed by atoms with E-state index in [1.807, 2.05) is 36.5 Å². The van der Waals surface area contributed by atoms with Crippen LogP contribution in [-0.4, -0.2) is 38.1 Å². The molecule has 0 bridgehead atoms. The molecule has 4 aromatic rings. The van der Waals surface area contributed by atoms with Gasteiger partial charge in [-0.15, -0.1) is 0 Å². The van der Waals surface area contributed by atoms with Gasteiger partial charge in [0.2, 0.25) is 0 Å². The number of piperidine rings is 1. The Morgan fingerprint density at radius 3 is 2.53 bits per heavy atom. The molecular weight excluding hydrogens is 450 g/mol. The predicted molar refractivity (Wildman–Crippen MR) is 116 cm³/mol. The van der Waals surface area contributed by atoms with Gasteiger partial charge in [-0.3, -0.25) is 4.90 Å². The number of rotatable bonds is 5. The van der Waals surface area contributed by atoms with Crippen LogP contribution in [0.15, 0.2) is 59.3 Å². The first-order valence-electron chi connectivity index (χ1n) is 10.9. The first kappa shape index (κ1) is 22.3. The molecule has 1 fully saturated rings. The molecule has 5 rings (SSSR count). The standard InChI is InChI=1S/C24H21F4N5O/c25-19-7-6-17(12-18(19)24(26,27)28)23-31-21(32-34-23)14-33-10-8-16(9-11-33)22-29-13-20(30-22)15-4-2-1-3-5-15/h1-7,12-13,16H,8-11,14H2,(H,29,30). The van der Waals surface area contributed by atoms with Gasteiger partial charge in [-0.05, 0) is 49.7 Å². The Labute approximate surface area is 192 Å². The highest BCUT2D eigenvalue weighted by molar-refractivity contribution is 5.58. The number of hydrogen-bond donors (Lipinski definition) is 1. The summed E-state index contributed by atoms with van der Waals surface area (Å²) in [5, 5.41) is 3.89. The lowest BCUT2D eigenvalue weighted by Crippen LogP contribution is -2.33. The first-order chi connectivity index (χ1) is 16.4. The molecule has 0 atom stereocenters. The van der Waals surface area contributed by atoms with Crippen molar-refractivity contribution in [3.8, 4) is 22.7 Å². The monoisotopic (exact) mass is 471 g/mol. The second kappa shape index (κ2) is 9.02. The molecular formula is C24H21F4N5O. The first-order valence-corrected chi connectivity index (χ1v) is 10.9. The zero-order valence-electron chi connectivity index (χ0n) is 18.0. The normalized spacial score (nSPS) is 15.6. The van der Waals surface area contributed by atoms with Crippen LogP contribution in [0.1, 0.15) is 36.0 Å². The maximum absolute atomic E-state index is 13.5. The summed E-state index contributed by atoms with van der Waals surface area (Å²) in [5.74, 6) is 0.244. The molecule has 3 heterocycles. The van der Waals surface area contributed by atoms with E-state index in [4.69, 9.17) is 4.52 Å². The van der Waals surface area contributed by atoms with Gasteiger partial charge >= 0.3 is 6.18 Å². The molecule has 176 valence electrons. The number of imidazole rings is 1. The summed E-state index contributed by atoms with van der Waals surface area (Å²) in [7, 11) is 0. The summed E-state index contributed by atoms with van der Waals surface area (Å²) in [6, 6.07) is 12.7. The number of benzene rings is 2. The Kier molecular flexibility index (Phi) is 5.91. The highest BCUT2D eigenvalue weighted by Crippen LogP contribution is 2.34. The molecule has 2 aromatic carbocycles. The third-order valence-corrected chi connectivity index (χ3v) is 6.01. The molecule has 1 N–H and O–H groups in total. The smallest absolute Gasteiger partial charge is 0.342 e. The van der Waals surface area contributed by atoms with Crippen molar-refractivity contribution < 1.29 is 22.1 Å². The van der Waals surface area contributed by atoms with E-state index < -0.39 is 17.6 Å². The molecule has 0 aliphatic carbocycles. The zero-order chi connectivity index (χ0) is 23.7.